The molecule has 0 amide bonds. The van der Waals surface area contributed by atoms with E-state index in [-0.39, 0.29) is 0 Å². The van der Waals surface area contributed by atoms with Crippen molar-refractivity contribution >= 4 is 38.2 Å². The Morgan fingerprint density at radius 1 is 1.26 bits per heavy atom. The largest absolute Gasteiger partial charge is 0.497 e. The summed E-state index contributed by atoms with van der Waals surface area (Å²) in [5.74, 6) is 3.27. The smallest absolute Gasteiger partial charge is 0.182 e. The van der Waals surface area contributed by atoms with E-state index in [2.05, 4.69) is 67.5 Å². The van der Waals surface area contributed by atoms with E-state index in [0.717, 1.165) is 83.9 Å². The molecule has 0 atom stereocenters. The van der Waals surface area contributed by atoms with Crippen LogP contribution in [-0.2, 0) is 11.3 Å². The zero-order valence-electron chi connectivity index (χ0n) is 23.8. The molecule has 3 N–H and O–H groups in total. The average molecular weight is 538 g/mol. The molecule has 0 radical (unpaired) electrons. The van der Waals surface area contributed by atoms with E-state index in [1.165, 1.54) is 16.9 Å². The minimum absolute atomic E-state index is 0.398. The number of nitrogen functional groups attached to an aromatic ring is 1. The van der Waals surface area contributed by atoms with Crippen LogP contribution in [0.5, 0.6) is 0 Å². The second-order valence-electron chi connectivity index (χ2n) is 9.60. The Kier molecular flexibility index (Phi) is 10.5. The monoisotopic (exact) mass is 537 g/mol. The Morgan fingerprint density at radius 3 is 2.61 bits per heavy atom. The van der Waals surface area contributed by atoms with Crippen molar-refractivity contribution in [2.24, 2.45) is 0 Å². The van der Waals surface area contributed by atoms with Crippen LogP contribution in [0, 0.1) is 6.92 Å². The first-order chi connectivity index (χ1) is 18.2. The Labute approximate surface area is 231 Å². The molecule has 1 saturated heterocycles. The molecule has 0 bridgehead atoms. The minimum atomic E-state index is 0.398. The number of nitrogens with zero attached hydrogens (tertiary/aromatic N) is 5. The summed E-state index contributed by atoms with van der Waals surface area (Å²) >= 11 is 1.46. The lowest BCUT2D eigenvalue weighted by Crippen LogP contribution is -2.30. The number of fused-ring (bicyclic) bond motifs is 1. The molecule has 0 saturated carbocycles. The second kappa shape index (κ2) is 13.6. The van der Waals surface area contributed by atoms with Crippen molar-refractivity contribution in [3.8, 4) is 0 Å². The Bertz CT molecular complexity index is 1240. The van der Waals surface area contributed by atoms with Gasteiger partial charge in [-0.15, -0.1) is 0 Å². The van der Waals surface area contributed by atoms with E-state index in [1.807, 2.05) is 25.1 Å². The number of nitrogens with one attached hydrogen (secondary N) is 1. The van der Waals surface area contributed by atoms with Gasteiger partial charge in [0.1, 0.15) is 28.6 Å². The molecule has 206 valence electrons. The summed E-state index contributed by atoms with van der Waals surface area (Å²) < 4.78 is 5.63. The third-order valence-corrected chi connectivity index (χ3v) is 7.48. The summed E-state index contributed by atoms with van der Waals surface area (Å²) in [5, 5.41) is 0.596. The zero-order valence-corrected chi connectivity index (χ0v) is 24.6. The van der Waals surface area contributed by atoms with Gasteiger partial charge < -0.3 is 20.4 Å². The number of anilines is 2. The summed E-state index contributed by atoms with van der Waals surface area (Å²) in [7, 11) is 0. The third-order valence-electron chi connectivity index (χ3n) is 6.67. The van der Waals surface area contributed by atoms with E-state index in [4.69, 9.17) is 20.4 Å². The van der Waals surface area contributed by atoms with Gasteiger partial charge in [0.25, 0.3) is 0 Å². The van der Waals surface area contributed by atoms with Gasteiger partial charge in [0.05, 0.1) is 18.8 Å². The van der Waals surface area contributed by atoms with Crippen LogP contribution in [0.15, 0.2) is 37.1 Å². The number of hydrogen-bond acceptors (Lipinski definition) is 8. The standard InChI is InChI=1S/C19H32N4O.C10H11N3S/c1-7-22(8-2)13-17-20-16(6)18(14(3)4)19(21-17)23-10-9-15(5)24-12-11-23;1-3-6(4-2)7-5-8-9(12-7)14-10(11)13-8/h14H,5,7-13H2,1-4,6H3;3-5,12H,1H2,2H3,(H2,11,13)/b;6-4+. The number of rotatable bonds is 8. The minimum Gasteiger partial charge on any atom is -0.497 e. The van der Waals surface area contributed by atoms with Crippen LogP contribution in [0.1, 0.15) is 69.7 Å². The number of aromatic amines is 1. The molecule has 0 spiro atoms. The van der Waals surface area contributed by atoms with Crippen molar-refractivity contribution in [2.75, 3.05) is 43.4 Å². The lowest BCUT2D eigenvalue weighted by Gasteiger charge is -2.27. The highest BCUT2D eigenvalue weighted by atomic mass is 32.1. The van der Waals surface area contributed by atoms with Crippen LogP contribution in [0.4, 0.5) is 10.9 Å². The van der Waals surface area contributed by atoms with Crippen LogP contribution < -0.4 is 10.6 Å². The molecule has 0 aliphatic carbocycles. The van der Waals surface area contributed by atoms with Crippen molar-refractivity contribution in [1.82, 2.24) is 24.8 Å². The predicted molar refractivity (Wildman–Crippen MR) is 162 cm³/mol. The molecule has 0 aromatic carbocycles. The van der Waals surface area contributed by atoms with Gasteiger partial charge in [-0.3, -0.25) is 4.90 Å². The van der Waals surface area contributed by atoms with Gasteiger partial charge in [0, 0.05) is 29.9 Å². The Hall–Kier alpha value is -3.17. The summed E-state index contributed by atoms with van der Waals surface area (Å²) in [4.78, 5) is 22.9. The number of aromatic nitrogens is 4. The first-order valence-electron chi connectivity index (χ1n) is 13.4. The molecule has 3 aromatic heterocycles. The Balaban J connectivity index is 0.000000241. The maximum Gasteiger partial charge on any atom is 0.182 e. The molecule has 4 heterocycles. The van der Waals surface area contributed by atoms with Gasteiger partial charge in [-0.1, -0.05) is 64.3 Å². The molecular weight excluding hydrogens is 494 g/mol. The van der Waals surface area contributed by atoms with Crippen LogP contribution in [0.3, 0.4) is 0 Å². The number of hydrogen-bond donors (Lipinski definition) is 2. The molecule has 8 nitrogen and oxygen atoms in total. The fourth-order valence-corrected chi connectivity index (χ4v) is 5.31. The SMILES string of the molecule is C=C/C(=C\C)c1cc2nc(N)sc2[nH]1.C=C1CCN(c2nc(CN(CC)CC)nc(C)c2C(C)C)CCO1. The highest BCUT2D eigenvalue weighted by Gasteiger charge is 2.22. The van der Waals surface area contributed by atoms with Crippen LogP contribution in [-0.4, -0.2) is 57.6 Å². The van der Waals surface area contributed by atoms with Gasteiger partial charge >= 0.3 is 0 Å². The van der Waals surface area contributed by atoms with Crippen molar-refractivity contribution in [1.29, 1.82) is 0 Å². The molecule has 1 aliphatic heterocycles. The normalized spacial score (nSPS) is 14.5. The number of ether oxygens (including phenoxy) is 1. The van der Waals surface area contributed by atoms with Gasteiger partial charge in [-0.2, -0.15) is 0 Å². The average Bonchev–Trinajstić information content (AvgIpc) is 3.33. The number of H-pyrrole nitrogens is 1. The lowest BCUT2D eigenvalue weighted by atomic mass is 10.0. The second-order valence-corrected chi connectivity index (χ2v) is 10.6. The van der Waals surface area contributed by atoms with E-state index in [0.29, 0.717) is 17.7 Å². The zero-order chi connectivity index (χ0) is 27.8. The maximum absolute atomic E-state index is 5.63. The topological polar surface area (TPSA) is 96.2 Å². The quantitative estimate of drug-likeness (QED) is 0.326. The Morgan fingerprint density at radius 2 is 2.00 bits per heavy atom. The summed E-state index contributed by atoms with van der Waals surface area (Å²) in [6.45, 7) is 25.8. The van der Waals surface area contributed by atoms with Crippen molar-refractivity contribution in [3.05, 3.63) is 59.9 Å². The van der Waals surface area contributed by atoms with Crippen molar-refractivity contribution in [2.45, 2.75) is 60.4 Å². The van der Waals surface area contributed by atoms with Crippen LogP contribution >= 0.6 is 11.3 Å². The van der Waals surface area contributed by atoms with E-state index < -0.39 is 0 Å². The molecule has 38 heavy (non-hydrogen) atoms. The van der Waals surface area contributed by atoms with E-state index in [1.54, 1.807) is 0 Å². The molecule has 1 fully saturated rings. The fraction of sp³-hybridized carbons (Fsp3) is 0.483. The van der Waals surface area contributed by atoms with Gasteiger partial charge in [0.15, 0.2) is 5.13 Å². The van der Waals surface area contributed by atoms with E-state index in [9.17, 15) is 0 Å². The van der Waals surface area contributed by atoms with Gasteiger partial charge in [-0.05, 0) is 44.5 Å². The fourth-order valence-electron chi connectivity index (χ4n) is 4.58. The molecule has 9 heteroatoms. The number of allylic oxidation sites excluding steroid dienone is 3. The van der Waals surface area contributed by atoms with Crippen molar-refractivity contribution < 1.29 is 4.74 Å². The first-order valence-corrected chi connectivity index (χ1v) is 14.2. The van der Waals surface area contributed by atoms with Gasteiger partial charge in [0.2, 0.25) is 0 Å². The highest BCUT2D eigenvalue weighted by molar-refractivity contribution is 7.21. The van der Waals surface area contributed by atoms with Crippen LogP contribution in [0.2, 0.25) is 0 Å². The third kappa shape index (κ3) is 7.23. The number of aryl methyl sites for hydroxylation is 1. The molecule has 0 unspecified atom stereocenters. The molecule has 4 rings (SSSR count). The first kappa shape index (κ1) is 29.4. The molecular formula is C29H43N7OS. The van der Waals surface area contributed by atoms with Gasteiger partial charge in [-0.25, -0.2) is 15.0 Å². The molecule has 1 aliphatic rings. The summed E-state index contributed by atoms with van der Waals surface area (Å²) in [6, 6.07) is 1.99. The number of thiazole rings is 1. The number of nitrogens with two attached hydrogens (primary N) is 1. The predicted octanol–water partition coefficient (Wildman–Crippen LogP) is 6.29. The lowest BCUT2D eigenvalue weighted by molar-refractivity contribution is 0.225. The van der Waals surface area contributed by atoms with E-state index >= 15 is 0 Å². The maximum atomic E-state index is 5.63. The summed E-state index contributed by atoms with van der Waals surface area (Å²) in [5.41, 5.74) is 11.0. The van der Waals surface area contributed by atoms with Crippen LogP contribution in [0.25, 0.3) is 15.9 Å². The highest BCUT2D eigenvalue weighted by Crippen LogP contribution is 2.30. The summed E-state index contributed by atoms with van der Waals surface area (Å²) in [6.07, 6.45) is 4.68. The molecule has 3 aromatic rings. The van der Waals surface area contributed by atoms with Crippen molar-refractivity contribution in [3.63, 3.8) is 0 Å².